The van der Waals surface area contributed by atoms with Crippen molar-refractivity contribution < 1.29 is 14.6 Å². The highest BCUT2D eigenvalue weighted by Crippen LogP contribution is 2.34. The van der Waals surface area contributed by atoms with E-state index in [9.17, 15) is 4.79 Å². The number of aliphatic hydroxyl groups is 1. The van der Waals surface area contributed by atoms with Gasteiger partial charge in [0.25, 0.3) is 5.91 Å². The van der Waals surface area contributed by atoms with Crippen molar-refractivity contribution in [2.24, 2.45) is 0 Å². The maximum atomic E-state index is 12.2. The van der Waals surface area contributed by atoms with Crippen molar-refractivity contribution in [3.05, 3.63) is 27.7 Å². The third kappa shape index (κ3) is 4.01. The van der Waals surface area contributed by atoms with Crippen LogP contribution < -0.4 is 10.1 Å². The fourth-order valence-electron chi connectivity index (χ4n) is 1.81. The molecule has 2 N–H and O–H groups in total. The van der Waals surface area contributed by atoms with E-state index in [-0.39, 0.29) is 22.6 Å². The lowest BCUT2D eigenvalue weighted by Crippen LogP contribution is -2.46. The third-order valence-electron chi connectivity index (χ3n) is 3.32. The molecular formula is C14H19Cl2NO3. The number of amides is 1. The molecule has 0 radical (unpaired) electrons. The Labute approximate surface area is 129 Å². The molecule has 1 amide bonds. The Kier molecular flexibility index (Phi) is 6.11. The Morgan fingerprint density at radius 2 is 1.95 bits per heavy atom. The first kappa shape index (κ1) is 17.1. The van der Waals surface area contributed by atoms with Crippen LogP contribution in [-0.4, -0.2) is 30.3 Å². The van der Waals surface area contributed by atoms with Crippen molar-refractivity contribution in [1.29, 1.82) is 0 Å². The number of rotatable bonds is 6. The number of carbonyl (C=O) groups excluding carboxylic acids is 1. The van der Waals surface area contributed by atoms with Crippen molar-refractivity contribution in [2.45, 2.75) is 32.2 Å². The number of aliphatic hydroxyl groups excluding tert-OH is 1. The molecule has 0 heterocycles. The topological polar surface area (TPSA) is 58.6 Å². The van der Waals surface area contributed by atoms with Gasteiger partial charge in [0, 0.05) is 17.7 Å². The van der Waals surface area contributed by atoms with Gasteiger partial charge in [-0.05, 0) is 31.9 Å². The molecule has 20 heavy (non-hydrogen) atoms. The highest BCUT2D eigenvalue weighted by Gasteiger charge is 2.25. The van der Waals surface area contributed by atoms with E-state index in [1.54, 1.807) is 0 Å². The monoisotopic (exact) mass is 319 g/mol. The van der Waals surface area contributed by atoms with Gasteiger partial charge in [-0.15, -0.1) is 0 Å². The van der Waals surface area contributed by atoms with Crippen LogP contribution in [-0.2, 0) is 0 Å². The average Bonchev–Trinajstić information content (AvgIpc) is 2.38. The van der Waals surface area contributed by atoms with E-state index in [2.05, 4.69) is 5.32 Å². The van der Waals surface area contributed by atoms with E-state index in [1.807, 2.05) is 13.8 Å². The Morgan fingerprint density at radius 3 is 2.35 bits per heavy atom. The molecule has 0 spiro atoms. The second-order valence-corrected chi connectivity index (χ2v) is 5.63. The van der Waals surface area contributed by atoms with Crippen LogP contribution in [0.5, 0.6) is 5.75 Å². The minimum Gasteiger partial charge on any atom is -0.494 e. The predicted octanol–water partition coefficient (Wildman–Crippen LogP) is 3.28. The van der Waals surface area contributed by atoms with Crippen LogP contribution in [0.3, 0.4) is 0 Å². The van der Waals surface area contributed by atoms with E-state index in [0.717, 1.165) is 0 Å². The minimum atomic E-state index is -0.468. The highest BCUT2D eigenvalue weighted by molar-refractivity contribution is 6.37. The van der Waals surface area contributed by atoms with Gasteiger partial charge in [-0.2, -0.15) is 0 Å². The summed E-state index contributed by atoms with van der Waals surface area (Å²) in [6.45, 7) is 3.84. The Hall–Kier alpha value is -0.970. The van der Waals surface area contributed by atoms with Crippen LogP contribution in [0, 0.1) is 0 Å². The molecule has 0 saturated carbocycles. The molecule has 4 nitrogen and oxygen atoms in total. The van der Waals surface area contributed by atoms with Gasteiger partial charge in [0.15, 0.2) is 5.75 Å². The molecule has 6 heteroatoms. The first-order valence-corrected chi connectivity index (χ1v) is 7.09. The van der Waals surface area contributed by atoms with E-state index >= 15 is 0 Å². The van der Waals surface area contributed by atoms with Crippen molar-refractivity contribution >= 4 is 29.1 Å². The largest absolute Gasteiger partial charge is 0.494 e. The van der Waals surface area contributed by atoms with Gasteiger partial charge in [-0.1, -0.05) is 30.1 Å². The molecule has 0 fully saturated rings. The fourth-order valence-corrected chi connectivity index (χ4v) is 2.45. The summed E-state index contributed by atoms with van der Waals surface area (Å²) in [5, 5.41) is 12.5. The maximum absolute atomic E-state index is 12.2. The van der Waals surface area contributed by atoms with E-state index in [1.165, 1.54) is 19.2 Å². The molecule has 0 saturated heterocycles. The van der Waals surface area contributed by atoms with Gasteiger partial charge in [0.1, 0.15) is 0 Å². The standard InChI is InChI=1S/C14H19Cl2NO3/c1-4-14(2,5-6-18)17-13(19)9-7-10(15)12(20-3)11(16)8-9/h7-8,18H,4-6H2,1-3H3,(H,17,19). The molecule has 1 rings (SSSR count). The summed E-state index contributed by atoms with van der Waals surface area (Å²) in [6.07, 6.45) is 1.18. The fraction of sp³-hybridized carbons (Fsp3) is 0.500. The van der Waals surface area contributed by atoms with Crippen LogP contribution in [0.25, 0.3) is 0 Å². The molecule has 112 valence electrons. The summed E-state index contributed by atoms with van der Waals surface area (Å²) in [5.74, 6) is 0.0627. The summed E-state index contributed by atoms with van der Waals surface area (Å²) in [5.41, 5.74) is -0.108. The molecule has 1 unspecified atom stereocenters. The smallest absolute Gasteiger partial charge is 0.251 e. The van der Waals surface area contributed by atoms with Crippen LogP contribution in [0.1, 0.15) is 37.0 Å². The number of ether oxygens (including phenoxy) is 1. The summed E-state index contributed by atoms with van der Waals surface area (Å²) < 4.78 is 5.04. The van der Waals surface area contributed by atoms with Crippen LogP contribution in [0.2, 0.25) is 10.0 Å². The maximum Gasteiger partial charge on any atom is 0.251 e. The Morgan fingerprint density at radius 1 is 1.40 bits per heavy atom. The average molecular weight is 320 g/mol. The second-order valence-electron chi connectivity index (χ2n) is 4.82. The predicted molar refractivity (Wildman–Crippen MR) is 80.9 cm³/mol. The second kappa shape index (κ2) is 7.16. The van der Waals surface area contributed by atoms with Crippen molar-refractivity contribution in [2.75, 3.05) is 13.7 Å². The number of benzene rings is 1. The zero-order valence-electron chi connectivity index (χ0n) is 11.8. The van der Waals surface area contributed by atoms with Crippen molar-refractivity contribution in [3.63, 3.8) is 0 Å². The van der Waals surface area contributed by atoms with Crippen LogP contribution in [0.15, 0.2) is 12.1 Å². The van der Waals surface area contributed by atoms with Crippen molar-refractivity contribution in [3.8, 4) is 5.75 Å². The summed E-state index contributed by atoms with van der Waals surface area (Å²) >= 11 is 12.0. The number of hydrogen-bond donors (Lipinski definition) is 2. The lowest BCUT2D eigenvalue weighted by Gasteiger charge is -2.29. The summed E-state index contributed by atoms with van der Waals surface area (Å²) in [4.78, 5) is 12.2. The lowest BCUT2D eigenvalue weighted by molar-refractivity contribution is 0.0886. The molecule has 0 bridgehead atoms. The van der Waals surface area contributed by atoms with Crippen LogP contribution in [0.4, 0.5) is 0 Å². The molecule has 1 atom stereocenters. The minimum absolute atomic E-state index is 0.00868. The van der Waals surface area contributed by atoms with Crippen LogP contribution >= 0.6 is 23.2 Å². The number of nitrogens with one attached hydrogen (secondary N) is 1. The third-order valence-corrected chi connectivity index (χ3v) is 3.89. The quantitative estimate of drug-likeness (QED) is 0.846. The van der Waals surface area contributed by atoms with Gasteiger partial charge in [0.2, 0.25) is 0 Å². The van der Waals surface area contributed by atoms with Crippen molar-refractivity contribution in [1.82, 2.24) is 5.32 Å². The van der Waals surface area contributed by atoms with Gasteiger partial charge in [-0.3, -0.25) is 4.79 Å². The number of carbonyl (C=O) groups is 1. The number of hydrogen-bond acceptors (Lipinski definition) is 3. The molecule has 1 aromatic rings. The first-order chi connectivity index (χ1) is 9.36. The molecule has 0 aromatic heterocycles. The molecule has 0 aliphatic heterocycles. The van der Waals surface area contributed by atoms with Gasteiger partial charge >= 0.3 is 0 Å². The van der Waals surface area contributed by atoms with E-state index < -0.39 is 5.54 Å². The number of methoxy groups -OCH3 is 1. The molecule has 0 aliphatic rings. The molecule has 0 aliphatic carbocycles. The normalized spacial score (nSPS) is 13.7. The molecular weight excluding hydrogens is 301 g/mol. The van der Waals surface area contributed by atoms with E-state index in [0.29, 0.717) is 24.2 Å². The Balaban J connectivity index is 2.98. The SMILES string of the molecule is CCC(C)(CCO)NC(=O)c1cc(Cl)c(OC)c(Cl)c1. The zero-order chi connectivity index (χ0) is 15.3. The first-order valence-electron chi connectivity index (χ1n) is 6.33. The van der Waals surface area contributed by atoms with Gasteiger partial charge in [0.05, 0.1) is 17.2 Å². The highest BCUT2D eigenvalue weighted by atomic mass is 35.5. The van der Waals surface area contributed by atoms with Gasteiger partial charge < -0.3 is 15.2 Å². The zero-order valence-corrected chi connectivity index (χ0v) is 13.3. The molecule has 1 aromatic carbocycles. The lowest BCUT2D eigenvalue weighted by atomic mass is 9.94. The summed E-state index contributed by atoms with van der Waals surface area (Å²) in [7, 11) is 1.46. The Bertz CT molecular complexity index is 470. The van der Waals surface area contributed by atoms with Gasteiger partial charge in [-0.25, -0.2) is 0 Å². The van der Waals surface area contributed by atoms with E-state index in [4.69, 9.17) is 33.0 Å². The number of halogens is 2. The summed E-state index contributed by atoms with van der Waals surface area (Å²) in [6, 6.07) is 3.02.